The molecule has 0 saturated carbocycles. The van der Waals surface area contributed by atoms with Crippen molar-refractivity contribution in [3.8, 4) is 0 Å². The maximum absolute atomic E-state index is 11.6. The quantitative estimate of drug-likeness (QED) is 0.707. The van der Waals surface area contributed by atoms with E-state index in [0.29, 0.717) is 17.9 Å². The van der Waals surface area contributed by atoms with Crippen molar-refractivity contribution in [1.82, 2.24) is 10.3 Å². The Balaban J connectivity index is 2.77. The second-order valence-electron chi connectivity index (χ2n) is 4.64. The lowest BCUT2D eigenvalue weighted by molar-refractivity contribution is -0.139. The van der Waals surface area contributed by atoms with E-state index in [2.05, 4.69) is 15.6 Å². The van der Waals surface area contributed by atoms with Crippen LogP contribution in [0.3, 0.4) is 0 Å². The van der Waals surface area contributed by atoms with Gasteiger partial charge >= 0.3 is 5.97 Å². The van der Waals surface area contributed by atoms with Gasteiger partial charge in [0.2, 0.25) is 0 Å². The molecule has 0 aliphatic rings. The van der Waals surface area contributed by atoms with Crippen LogP contribution in [0.5, 0.6) is 0 Å². The summed E-state index contributed by atoms with van der Waals surface area (Å²) in [5.74, 6) is -0.666. The first kappa shape index (κ1) is 15.9. The molecule has 1 aromatic heterocycles. The highest BCUT2D eigenvalue weighted by Crippen LogP contribution is 2.14. The van der Waals surface area contributed by atoms with Crippen molar-refractivity contribution in [2.45, 2.75) is 33.2 Å². The molecular formula is C14H21N3O3. The molecule has 0 aromatic carbocycles. The normalized spacial score (nSPS) is 13.3. The number of rotatable bonds is 7. The average Bonchev–Trinajstić information content (AvgIpc) is 2.44. The fourth-order valence-corrected chi connectivity index (χ4v) is 1.72. The number of hydrogen-bond acceptors (Lipinski definition) is 4. The van der Waals surface area contributed by atoms with Crippen LogP contribution in [-0.2, 0) is 4.79 Å². The summed E-state index contributed by atoms with van der Waals surface area (Å²) in [7, 11) is 0. The Morgan fingerprint density at radius 2 is 2.05 bits per heavy atom. The lowest BCUT2D eigenvalue weighted by Gasteiger charge is -2.20. The molecular weight excluding hydrogens is 258 g/mol. The standard InChI is InChI=1S/C14H21N3O3/c1-4-9(3)12(14(19)20)17-11-7-6-10(8-16-11)13(18)15-5-2/h6-9,12H,4-5H2,1-3H3,(H,15,18)(H,16,17)(H,19,20)/t9-,12-/m0/s1. The summed E-state index contributed by atoms with van der Waals surface area (Å²) in [6, 6.07) is 2.54. The van der Waals surface area contributed by atoms with E-state index in [9.17, 15) is 14.7 Å². The molecule has 1 rings (SSSR count). The molecule has 0 fully saturated rings. The molecule has 6 heteroatoms. The van der Waals surface area contributed by atoms with E-state index in [0.717, 1.165) is 6.42 Å². The second kappa shape index (κ2) is 7.47. The lowest BCUT2D eigenvalue weighted by atomic mass is 9.99. The van der Waals surface area contributed by atoms with Gasteiger partial charge in [0.1, 0.15) is 11.9 Å². The molecule has 6 nitrogen and oxygen atoms in total. The highest BCUT2D eigenvalue weighted by Gasteiger charge is 2.23. The number of carbonyl (C=O) groups is 2. The van der Waals surface area contributed by atoms with Gasteiger partial charge in [-0.2, -0.15) is 0 Å². The van der Waals surface area contributed by atoms with Gasteiger partial charge in [0.25, 0.3) is 5.91 Å². The number of pyridine rings is 1. The van der Waals surface area contributed by atoms with Crippen molar-refractivity contribution < 1.29 is 14.7 Å². The van der Waals surface area contributed by atoms with Crippen LogP contribution in [-0.4, -0.2) is 34.6 Å². The number of aromatic nitrogens is 1. The largest absolute Gasteiger partial charge is 0.480 e. The minimum Gasteiger partial charge on any atom is -0.480 e. The van der Waals surface area contributed by atoms with Crippen molar-refractivity contribution >= 4 is 17.7 Å². The van der Waals surface area contributed by atoms with E-state index in [1.54, 1.807) is 12.1 Å². The van der Waals surface area contributed by atoms with Crippen LogP contribution < -0.4 is 10.6 Å². The fourth-order valence-electron chi connectivity index (χ4n) is 1.72. The first-order valence-electron chi connectivity index (χ1n) is 6.73. The summed E-state index contributed by atoms with van der Waals surface area (Å²) in [6.07, 6.45) is 2.18. The maximum Gasteiger partial charge on any atom is 0.326 e. The maximum atomic E-state index is 11.6. The van der Waals surface area contributed by atoms with Gasteiger partial charge in [-0.1, -0.05) is 20.3 Å². The predicted molar refractivity (Wildman–Crippen MR) is 76.7 cm³/mol. The van der Waals surface area contributed by atoms with Gasteiger partial charge in [-0.05, 0) is 25.0 Å². The molecule has 2 atom stereocenters. The van der Waals surface area contributed by atoms with Crippen LogP contribution in [0.15, 0.2) is 18.3 Å². The highest BCUT2D eigenvalue weighted by molar-refractivity contribution is 5.94. The Bertz CT molecular complexity index is 459. The number of carboxylic acid groups (broad SMARTS) is 1. The van der Waals surface area contributed by atoms with Gasteiger partial charge in [-0.3, -0.25) is 4.79 Å². The molecule has 110 valence electrons. The Kier molecular flexibility index (Phi) is 5.96. The van der Waals surface area contributed by atoms with Crippen LogP contribution in [0.2, 0.25) is 0 Å². The molecule has 0 saturated heterocycles. The van der Waals surface area contributed by atoms with E-state index in [1.807, 2.05) is 20.8 Å². The van der Waals surface area contributed by atoms with E-state index in [1.165, 1.54) is 6.20 Å². The number of nitrogens with one attached hydrogen (secondary N) is 2. The summed E-state index contributed by atoms with van der Waals surface area (Å²) in [5, 5.41) is 14.8. The predicted octanol–water partition coefficient (Wildman–Crippen LogP) is 1.74. The number of carboxylic acids is 1. The third kappa shape index (κ3) is 4.22. The summed E-state index contributed by atoms with van der Waals surface area (Å²) < 4.78 is 0. The number of hydrogen-bond donors (Lipinski definition) is 3. The smallest absolute Gasteiger partial charge is 0.326 e. The number of nitrogens with zero attached hydrogens (tertiary/aromatic N) is 1. The third-order valence-corrected chi connectivity index (χ3v) is 3.15. The van der Waals surface area contributed by atoms with Crippen LogP contribution in [0.25, 0.3) is 0 Å². The molecule has 0 radical (unpaired) electrons. The van der Waals surface area contributed by atoms with Gasteiger partial charge in [0.15, 0.2) is 0 Å². The Hall–Kier alpha value is -2.11. The minimum atomic E-state index is -0.908. The molecule has 0 aliphatic heterocycles. The first-order chi connectivity index (χ1) is 9.49. The molecule has 1 aromatic rings. The zero-order valence-corrected chi connectivity index (χ0v) is 12.0. The van der Waals surface area contributed by atoms with Crippen molar-refractivity contribution in [3.63, 3.8) is 0 Å². The second-order valence-corrected chi connectivity index (χ2v) is 4.64. The molecule has 1 heterocycles. The van der Waals surface area contributed by atoms with Crippen LogP contribution in [0.4, 0.5) is 5.82 Å². The summed E-state index contributed by atoms with van der Waals surface area (Å²) in [4.78, 5) is 26.9. The number of anilines is 1. The SMILES string of the molecule is CCNC(=O)c1ccc(N[C@H](C(=O)O)[C@@H](C)CC)nc1. The first-order valence-corrected chi connectivity index (χ1v) is 6.73. The van der Waals surface area contributed by atoms with Crippen molar-refractivity contribution in [3.05, 3.63) is 23.9 Å². The monoisotopic (exact) mass is 279 g/mol. The van der Waals surface area contributed by atoms with Crippen molar-refractivity contribution in [2.24, 2.45) is 5.92 Å². The summed E-state index contributed by atoms with van der Waals surface area (Å²) >= 11 is 0. The Labute approximate surface area is 118 Å². The Morgan fingerprint density at radius 3 is 2.50 bits per heavy atom. The highest BCUT2D eigenvalue weighted by atomic mass is 16.4. The molecule has 0 spiro atoms. The van der Waals surface area contributed by atoms with Crippen LogP contribution in [0.1, 0.15) is 37.6 Å². The van der Waals surface area contributed by atoms with Gasteiger partial charge in [-0.25, -0.2) is 9.78 Å². The van der Waals surface area contributed by atoms with E-state index >= 15 is 0 Å². The third-order valence-electron chi connectivity index (χ3n) is 3.15. The van der Waals surface area contributed by atoms with E-state index in [-0.39, 0.29) is 11.8 Å². The van der Waals surface area contributed by atoms with Gasteiger partial charge in [-0.15, -0.1) is 0 Å². The van der Waals surface area contributed by atoms with Crippen molar-refractivity contribution in [1.29, 1.82) is 0 Å². The molecule has 0 aliphatic carbocycles. The number of amides is 1. The molecule has 1 amide bonds. The zero-order valence-electron chi connectivity index (χ0n) is 12.0. The Morgan fingerprint density at radius 1 is 1.35 bits per heavy atom. The molecule has 0 unspecified atom stereocenters. The molecule has 0 bridgehead atoms. The fraction of sp³-hybridized carbons (Fsp3) is 0.500. The van der Waals surface area contributed by atoms with E-state index in [4.69, 9.17) is 0 Å². The molecule has 20 heavy (non-hydrogen) atoms. The number of aliphatic carboxylic acids is 1. The lowest BCUT2D eigenvalue weighted by Crippen LogP contribution is -2.35. The van der Waals surface area contributed by atoms with Gasteiger partial charge in [0.05, 0.1) is 5.56 Å². The average molecular weight is 279 g/mol. The van der Waals surface area contributed by atoms with Gasteiger partial charge < -0.3 is 15.7 Å². The minimum absolute atomic E-state index is 0.0163. The summed E-state index contributed by atoms with van der Waals surface area (Å²) in [5.41, 5.74) is 0.452. The summed E-state index contributed by atoms with van der Waals surface area (Å²) in [6.45, 7) is 6.20. The van der Waals surface area contributed by atoms with Crippen molar-refractivity contribution in [2.75, 3.05) is 11.9 Å². The molecule has 3 N–H and O–H groups in total. The van der Waals surface area contributed by atoms with Gasteiger partial charge in [0, 0.05) is 12.7 Å². The van der Waals surface area contributed by atoms with Crippen LogP contribution >= 0.6 is 0 Å². The topological polar surface area (TPSA) is 91.3 Å². The zero-order chi connectivity index (χ0) is 15.1. The number of carbonyl (C=O) groups excluding carboxylic acids is 1. The van der Waals surface area contributed by atoms with E-state index < -0.39 is 12.0 Å². The van der Waals surface area contributed by atoms with Crippen LogP contribution in [0, 0.1) is 5.92 Å².